The topological polar surface area (TPSA) is 96.0 Å². The predicted octanol–water partition coefficient (Wildman–Crippen LogP) is 2.48. The lowest BCUT2D eigenvalue weighted by molar-refractivity contribution is -0.124. The fourth-order valence-corrected chi connectivity index (χ4v) is 5.39. The van der Waals surface area contributed by atoms with Crippen LogP contribution < -0.4 is 15.0 Å². The number of fused-ring (bicyclic) bond motifs is 1. The van der Waals surface area contributed by atoms with E-state index in [9.17, 15) is 18.0 Å². The molecule has 0 aliphatic carbocycles. The molecule has 1 heterocycles. The van der Waals surface area contributed by atoms with Crippen molar-refractivity contribution in [2.45, 2.75) is 34.9 Å². The molecule has 1 atom stereocenters. The Labute approximate surface area is 193 Å². The van der Waals surface area contributed by atoms with Gasteiger partial charge in [-0.25, -0.2) is 12.7 Å². The number of benzene rings is 2. The van der Waals surface area contributed by atoms with Gasteiger partial charge in [0, 0.05) is 39.0 Å². The maximum absolute atomic E-state index is 12.8. The van der Waals surface area contributed by atoms with Crippen molar-refractivity contribution < 1.29 is 22.7 Å². The van der Waals surface area contributed by atoms with Gasteiger partial charge in [-0.2, -0.15) is 0 Å². The van der Waals surface area contributed by atoms with E-state index >= 15 is 0 Å². The van der Waals surface area contributed by atoms with E-state index in [1.807, 2.05) is 31.2 Å². The minimum Gasteiger partial charge on any atom is -0.494 e. The van der Waals surface area contributed by atoms with Crippen LogP contribution in [0.5, 0.6) is 5.75 Å². The molecule has 8 nitrogen and oxygen atoms in total. The van der Waals surface area contributed by atoms with Crippen LogP contribution in [0.25, 0.3) is 0 Å². The molecule has 10 heteroatoms. The van der Waals surface area contributed by atoms with Crippen LogP contribution in [0.2, 0.25) is 0 Å². The van der Waals surface area contributed by atoms with Crippen LogP contribution in [0.1, 0.15) is 18.9 Å². The summed E-state index contributed by atoms with van der Waals surface area (Å²) in [6, 6.07) is 12.2. The Morgan fingerprint density at radius 3 is 2.50 bits per heavy atom. The molecule has 1 unspecified atom stereocenters. The van der Waals surface area contributed by atoms with Gasteiger partial charge in [-0.1, -0.05) is 12.1 Å². The summed E-state index contributed by atoms with van der Waals surface area (Å²) in [6.07, 6.45) is 0.0298. The summed E-state index contributed by atoms with van der Waals surface area (Å²) >= 11 is 1.28. The summed E-state index contributed by atoms with van der Waals surface area (Å²) in [6.45, 7) is 2.86. The molecule has 0 bridgehead atoms. The fraction of sp³-hybridized carbons (Fsp3) is 0.364. The zero-order valence-corrected chi connectivity index (χ0v) is 20.1. The normalized spacial score (nSPS) is 16.1. The molecular weight excluding hydrogens is 450 g/mol. The van der Waals surface area contributed by atoms with Crippen LogP contribution in [-0.4, -0.2) is 57.5 Å². The molecule has 0 aromatic heterocycles. The highest BCUT2D eigenvalue weighted by molar-refractivity contribution is 8.01. The summed E-state index contributed by atoms with van der Waals surface area (Å²) in [5, 5.41) is 2.27. The molecule has 1 aliphatic heterocycles. The predicted molar refractivity (Wildman–Crippen MR) is 124 cm³/mol. The van der Waals surface area contributed by atoms with E-state index in [4.69, 9.17) is 4.74 Å². The van der Waals surface area contributed by atoms with Crippen molar-refractivity contribution >= 4 is 39.3 Å². The Kier molecular flexibility index (Phi) is 7.47. The van der Waals surface area contributed by atoms with Gasteiger partial charge >= 0.3 is 0 Å². The van der Waals surface area contributed by atoms with Gasteiger partial charge in [-0.3, -0.25) is 9.59 Å². The van der Waals surface area contributed by atoms with Gasteiger partial charge in [0.15, 0.2) is 0 Å². The molecule has 2 aromatic carbocycles. The second-order valence-corrected chi connectivity index (χ2v) is 10.9. The molecule has 1 aliphatic rings. The Morgan fingerprint density at radius 1 is 1.19 bits per heavy atom. The van der Waals surface area contributed by atoms with E-state index in [1.165, 1.54) is 42.9 Å². The van der Waals surface area contributed by atoms with Crippen molar-refractivity contribution in [3.05, 3.63) is 48.0 Å². The van der Waals surface area contributed by atoms with Crippen LogP contribution in [0.15, 0.2) is 52.3 Å². The fourth-order valence-electron chi connectivity index (χ4n) is 3.21. The number of rotatable bonds is 8. The zero-order valence-electron chi connectivity index (χ0n) is 18.5. The van der Waals surface area contributed by atoms with E-state index in [-0.39, 0.29) is 23.1 Å². The number of sulfonamides is 1. The summed E-state index contributed by atoms with van der Waals surface area (Å²) in [7, 11) is 0.903. The third kappa shape index (κ3) is 5.25. The number of carbonyl (C=O) groups excluding carboxylic acids is 2. The van der Waals surface area contributed by atoms with E-state index in [1.54, 1.807) is 13.1 Å². The van der Waals surface area contributed by atoms with Crippen LogP contribution >= 0.6 is 11.8 Å². The van der Waals surface area contributed by atoms with Crippen LogP contribution in [0.4, 0.5) is 5.69 Å². The quantitative estimate of drug-likeness (QED) is 0.628. The van der Waals surface area contributed by atoms with Gasteiger partial charge in [0.2, 0.25) is 21.8 Å². The van der Waals surface area contributed by atoms with Gasteiger partial charge in [0.05, 0.1) is 22.4 Å². The number of nitrogens with zero attached hydrogens (tertiary/aromatic N) is 2. The first-order valence-electron chi connectivity index (χ1n) is 10.1. The van der Waals surface area contributed by atoms with E-state index in [2.05, 4.69) is 5.32 Å². The van der Waals surface area contributed by atoms with Gasteiger partial charge < -0.3 is 15.0 Å². The third-order valence-electron chi connectivity index (χ3n) is 5.04. The lowest BCUT2D eigenvalue weighted by atomic mass is 10.2. The van der Waals surface area contributed by atoms with Gasteiger partial charge in [0.1, 0.15) is 5.75 Å². The van der Waals surface area contributed by atoms with E-state index < -0.39 is 15.3 Å². The molecule has 0 fully saturated rings. The number of hydrogen-bond acceptors (Lipinski definition) is 6. The van der Waals surface area contributed by atoms with Crippen molar-refractivity contribution in [3.63, 3.8) is 0 Å². The molecular formula is C22H27N3O5S2. The maximum Gasteiger partial charge on any atom is 0.242 e. The second kappa shape index (κ2) is 9.93. The van der Waals surface area contributed by atoms with E-state index in [0.717, 1.165) is 20.5 Å². The average molecular weight is 478 g/mol. The smallest absolute Gasteiger partial charge is 0.242 e. The summed E-state index contributed by atoms with van der Waals surface area (Å²) in [5.41, 5.74) is 1.45. The van der Waals surface area contributed by atoms with Gasteiger partial charge in [0.25, 0.3) is 0 Å². The number of ether oxygens (including phenoxy) is 1. The minimum absolute atomic E-state index is 0.0298. The number of amides is 2. The molecule has 0 saturated heterocycles. The molecule has 0 saturated carbocycles. The highest BCUT2D eigenvalue weighted by atomic mass is 32.2. The molecule has 3 rings (SSSR count). The Balaban J connectivity index is 1.65. The molecule has 2 amide bonds. The maximum atomic E-state index is 12.8. The molecule has 0 spiro atoms. The number of nitrogens with one attached hydrogen (secondary N) is 1. The Hall–Kier alpha value is -2.56. The van der Waals surface area contributed by atoms with E-state index in [0.29, 0.717) is 18.8 Å². The van der Waals surface area contributed by atoms with Crippen molar-refractivity contribution in [1.82, 2.24) is 9.62 Å². The average Bonchev–Trinajstić information content (AvgIpc) is 2.76. The summed E-state index contributed by atoms with van der Waals surface area (Å²) in [5.74, 6) is 0.307. The Bertz CT molecular complexity index is 1100. The standard InChI is InChI=1S/C22H27N3O5S2/c1-5-30-16-8-6-15(7-9-16)14-23-21(26)13-20-22(27)25(4)18-12-17(10-11-19(18)31-20)32(28,29)24(2)3/h6-12,20H,5,13-14H2,1-4H3,(H,23,26). The lowest BCUT2D eigenvalue weighted by Gasteiger charge is -2.31. The van der Waals surface area contributed by atoms with Crippen LogP contribution in [0.3, 0.4) is 0 Å². The number of thioether (sulfide) groups is 1. The monoisotopic (exact) mass is 477 g/mol. The minimum atomic E-state index is -3.61. The van der Waals surface area contributed by atoms with Crippen LogP contribution in [-0.2, 0) is 26.2 Å². The molecule has 2 aromatic rings. The van der Waals surface area contributed by atoms with Crippen LogP contribution in [0, 0.1) is 0 Å². The summed E-state index contributed by atoms with van der Waals surface area (Å²) in [4.78, 5) is 27.6. The third-order valence-corrected chi connectivity index (χ3v) is 8.10. The first-order valence-corrected chi connectivity index (χ1v) is 12.4. The molecule has 1 N–H and O–H groups in total. The molecule has 32 heavy (non-hydrogen) atoms. The number of carbonyl (C=O) groups is 2. The molecule has 172 valence electrons. The van der Waals surface area contributed by atoms with Crippen molar-refractivity contribution in [3.8, 4) is 5.75 Å². The summed E-state index contributed by atoms with van der Waals surface area (Å²) < 4.78 is 31.4. The van der Waals surface area contributed by atoms with Crippen molar-refractivity contribution in [2.75, 3.05) is 32.6 Å². The molecule has 0 radical (unpaired) electrons. The highest BCUT2D eigenvalue weighted by Gasteiger charge is 2.34. The lowest BCUT2D eigenvalue weighted by Crippen LogP contribution is -2.41. The van der Waals surface area contributed by atoms with Crippen molar-refractivity contribution in [1.29, 1.82) is 0 Å². The van der Waals surface area contributed by atoms with Gasteiger partial charge in [-0.05, 0) is 42.8 Å². The largest absolute Gasteiger partial charge is 0.494 e. The Morgan fingerprint density at radius 2 is 1.88 bits per heavy atom. The highest BCUT2D eigenvalue weighted by Crippen LogP contribution is 2.41. The number of anilines is 1. The number of hydrogen-bond donors (Lipinski definition) is 1. The second-order valence-electron chi connectivity index (χ2n) is 7.48. The first-order chi connectivity index (χ1) is 15.1. The van der Waals surface area contributed by atoms with Crippen molar-refractivity contribution in [2.24, 2.45) is 0 Å². The SMILES string of the molecule is CCOc1ccc(CNC(=O)CC2Sc3ccc(S(=O)(=O)N(C)C)cc3N(C)C2=O)cc1. The van der Waals surface area contributed by atoms with Gasteiger partial charge in [-0.15, -0.1) is 11.8 Å². The zero-order chi connectivity index (χ0) is 23.5. The first kappa shape index (κ1) is 24.1.